The van der Waals surface area contributed by atoms with Gasteiger partial charge in [0.05, 0.1) is 29.6 Å². The fourth-order valence-corrected chi connectivity index (χ4v) is 2.21. The van der Waals surface area contributed by atoms with E-state index in [9.17, 15) is 4.79 Å². The van der Waals surface area contributed by atoms with E-state index in [1.165, 1.54) is 6.20 Å². The first-order valence-electron chi connectivity index (χ1n) is 6.76. The van der Waals surface area contributed by atoms with Crippen molar-refractivity contribution < 1.29 is 9.53 Å². The summed E-state index contributed by atoms with van der Waals surface area (Å²) >= 11 is 0. The monoisotopic (exact) mass is 297 g/mol. The van der Waals surface area contributed by atoms with E-state index in [1.807, 2.05) is 25.3 Å². The van der Waals surface area contributed by atoms with Gasteiger partial charge >= 0.3 is 0 Å². The van der Waals surface area contributed by atoms with Gasteiger partial charge in [-0.3, -0.25) is 4.79 Å². The number of carbonyl (C=O) groups excluding carboxylic acids is 1. The lowest BCUT2D eigenvalue weighted by Crippen LogP contribution is -2.15. The maximum Gasteiger partial charge on any atom is 0.252 e. The van der Waals surface area contributed by atoms with Gasteiger partial charge in [0.25, 0.3) is 5.91 Å². The number of hydrogen-bond acceptors (Lipinski definition) is 5. The number of pyridine rings is 1. The molecule has 0 fully saturated rings. The number of nitrogens with zero attached hydrogens (tertiary/aromatic N) is 3. The summed E-state index contributed by atoms with van der Waals surface area (Å²) in [7, 11) is 0. The molecular weight excluding hydrogens is 282 g/mol. The molecule has 0 spiro atoms. The smallest absolute Gasteiger partial charge is 0.252 e. The van der Waals surface area contributed by atoms with Crippen molar-refractivity contribution in [2.75, 3.05) is 12.3 Å². The number of rotatable bonds is 4. The normalized spacial score (nSPS) is 10.8. The Labute approximate surface area is 126 Å². The topological polar surface area (TPSA) is 109 Å². The molecule has 0 atom stereocenters. The SMILES string of the molecule is CCOc1ccc(-c2cc3c(N)c(C(N)=O)cnn3c2)cn1. The summed E-state index contributed by atoms with van der Waals surface area (Å²) in [5.74, 6) is -0.0262. The number of carbonyl (C=O) groups is 1. The van der Waals surface area contributed by atoms with Gasteiger partial charge in [-0.1, -0.05) is 0 Å². The van der Waals surface area contributed by atoms with Crippen LogP contribution in [-0.2, 0) is 0 Å². The molecule has 3 aromatic rings. The minimum absolute atomic E-state index is 0.210. The van der Waals surface area contributed by atoms with Crippen LogP contribution in [0.15, 0.2) is 36.8 Å². The van der Waals surface area contributed by atoms with E-state index in [-0.39, 0.29) is 5.56 Å². The van der Waals surface area contributed by atoms with E-state index in [0.29, 0.717) is 23.7 Å². The third kappa shape index (κ3) is 2.32. The number of ether oxygens (including phenoxy) is 1. The van der Waals surface area contributed by atoms with Gasteiger partial charge in [0.15, 0.2) is 0 Å². The van der Waals surface area contributed by atoms with Crippen molar-refractivity contribution in [3.05, 3.63) is 42.4 Å². The third-order valence-corrected chi connectivity index (χ3v) is 3.31. The summed E-state index contributed by atoms with van der Waals surface area (Å²) in [4.78, 5) is 15.5. The average molecular weight is 297 g/mol. The molecule has 1 amide bonds. The molecule has 0 unspecified atom stereocenters. The van der Waals surface area contributed by atoms with Gasteiger partial charge < -0.3 is 16.2 Å². The van der Waals surface area contributed by atoms with E-state index >= 15 is 0 Å². The zero-order valence-corrected chi connectivity index (χ0v) is 12.0. The molecule has 3 heterocycles. The van der Waals surface area contributed by atoms with E-state index in [2.05, 4.69) is 10.1 Å². The third-order valence-electron chi connectivity index (χ3n) is 3.31. The second-order valence-corrected chi connectivity index (χ2v) is 4.71. The molecule has 3 rings (SSSR count). The van der Waals surface area contributed by atoms with Crippen LogP contribution in [0.1, 0.15) is 17.3 Å². The fourth-order valence-electron chi connectivity index (χ4n) is 2.21. The number of hydrogen-bond donors (Lipinski definition) is 2. The Morgan fingerprint density at radius 2 is 2.14 bits per heavy atom. The maximum atomic E-state index is 11.3. The Hall–Kier alpha value is -3.09. The van der Waals surface area contributed by atoms with Crippen molar-refractivity contribution in [1.82, 2.24) is 14.6 Å². The van der Waals surface area contributed by atoms with Gasteiger partial charge in [-0.15, -0.1) is 0 Å². The van der Waals surface area contributed by atoms with Crippen molar-refractivity contribution in [3.8, 4) is 17.0 Å². The summed E-state index contributed by atoms with van der Waals surface area (Å²) in [5.41, 5.74) is 14.2. The molecule has 0 aliphatic heterocycles. The summed E-state index contributed by atoms with van der Waals surface area (Å²) in [5, 5.41) is 4.15. The first-order chi connectivity index (χ1) is 10.6. The molecule has 0 aromatic carbocycles. The molecule has 4 N–H and O–H groups in total. The molecule has 7 heteroatoms. The van der Waals surface area contributed by atoms with Crippen molar-refractivity contribution >= 4 is 17.1 Å². The Morgan fingerprint density at radius 3 is 2.77 bits per heavy atom. The van der Waals surface area contributed by atoms with Crippen molar-refractivity contribution in [1.29, 1.82) is 0 Å². The van der Waals surface area contributed by atoms with Crippen molar-refractivity contribution in [3.63, 3.8) is 0 Å². The molecule has 0 saturated heterocycles. The maximum absolute atomic E-state index is 11.3. The molecule has 0 saturated carbocycles. The Bertz CT molecular complexity index is 839. The number of anilines is 1. The van der Waals surface area contributed by atoms with Crippen LogP contribution in [0.5, 0.6) is 5.88 Å². The summed E-state index contributed by atoms with van der Waals surface area (Å²) < 4.78 is 6.92. The molecule has 7 nitrogen and oxygen atoms in total. The lowest BCUT2D eigenvalue weighted by atomic mass is 10.1. The number of aromatic nitrogens is 3. The van der Waals surface area contributed by atoms with E-state index in [0.717, 1.165) is 11.1 Å². The largest absolute Gasteiger partial charge is 0.478 e. The first kappa shape index (κ1) is 13.9. The van der Waals surface area contributed by atoms with Crippen molar-refractivity contribution in [2.45, 2.75) is 6.92 Å². The second-order valence-electron chi connectivity index (χ2n) is 4.71. The number of primary amides is 1. The fraction of sp³-hybridized carbons (Fsp3) is 0.133. The predicted molar refractivity (Wildman–Crippen MR) is 82.5 cm³/mol. The van der Waals surface area contributed by atoms with Crippen LogP contribution >= 0.6 is 0 Å². The Morgan fingerprint density at radius 1 is 1.32 bits per heavy atom. The number of nitrogen functional groups attached to an aromatic ring is 1. The van der Waals surface area contributed by atoms with Crippen LogP contribution in [0.25, 0.3) is 16.6 Å². The number of fused-ring (bicyclic) bond motifs is 1. The second kappa shape index (κ2) is 5.36. The minimum atomic E-state index is -0.599. The van der Waals surface area contributed by atoms with E-state index in [4.69, 9.17) is 16.2 Å². The van der Waals surface area contributed by atoms with Crippen molar-refractivity contribution in [2.24, 2.45) is 5.73 Å². The zero-order valence-electron chi connectivity index (χ0n) is 12.0. The molecule has 0 radical (unpaired) electrons. The number of nitrogens with two attached hydrogens (primary N) is 2. The molecular formula is C15H15N5O2. The van der Waals surface area contributed by atoms with Crippen LogP contribution in [-0.4, -0.2) is 27.1 Å². The van der Waals surface area contributed by atoms with E-state index in [1.54, 1.807) is 16.8 Å². The standard InChI is InChI=1S/C15H15N5O2/c1-2-22-13-4-3-9(6-18-13)10-5-12-14(16)11(15(17)21)7-19-20(12)8-10/h3-8H,2,16H2,1H3,(H2,17,21). The molecule has 0 aliphatic carbocycles. The quantitative estimate of drug-likeness (QED) is 0.758. The van der Waals surface area contributed by atoms with Gasteiger partial charge in [-0.2, -0.15) is 5.10 Å². The summed E-state index contributed by atoms with van der Waals surface area (Å²) in [6, 6.07) is 5.54. The predicted octanol–water partition coefficient (Wildman–Crippen LogP) is 1.48. The van der Waals surface area contributed by atoms with Gasteiger partial charge in [-0.25, -0.2) is 9.50 Å². The van der Waals surface area contributed by atoms with Crippen LogP contribution in [0.2, 0.25) is 0 Å². The first-order valence-corrected chi connectivity index (χ1v) is 6.76. The zero-order chi connectivity index (χ0) is 15.7. The lowest BCUT2D eigenvalue weighted by molar-refractivity contribution is 0.100. The highest BCUT2D eigenvalue weighted by Gasteiger charge is 2.12. The highest BCUT2D eigenvalue weighted by Crippen LogP contribution is 2.26. The highest BCUT2D eigenvalue weighted by molar-refractivity contribution is 6.01. The van der Waals surface area contributed by atoms with Crippen LogP contribution in [0.3, 0.4) is 0 Å². The van der Waals surface area contributed by atoms with E-state index < -0.39 is 5.91 Å². The van der Waals surface area contributed by atoms with Crippen LogP contribution in [0.4, 0.5) is 5.69 Å². The van der Waals surface area contributed by atoms with Gasteiger partial charge in [0.1, 0.15) is 0 Å². The van der Waals surface area contributed by atoms with Gasteiger partial charge in [-0.05, 0) is 19.1 Å². The molecule has 3 aromatic heterocycles. The Kier molecular flexibility index (Phi) is 3.38. The minimum Gasteiger partial charge on any atom is -0.478 e. The number of amides is 1. The highest BCUT2D eigenvalue weighted by atomic mass is 16.5. The van der Waals surface area contributed by atoms with Crippen LogP contribution in [0, 0.1) is 0 Å². The average Bonchev–Trinajstić information content (AvgIpc) is 2.93. The molecule has 22 heavy (non-hydrogen) atoms. The van der Waals surface area contributed by atoms with Gasteiger partial charge in [0, 0.05) is 29.6 Å². The molecule has 112 valence electrons. The Balaban J connectivity index is 2.05. The molecule has 0 bridgehead atoms. The lowest BCUT2D eigenvalue weighted by Gasteiger charge is -2.02. The van der Waals surface area contributed by atoms with Crippen LogP contribution < -0.4 is 16.2 Å². The summed E-state index contributed by atoms with van der Waals surface area (Å²) in [6.07, 6.45) is 4.89. The van der Waals surface area contributed by atoms with Gasteiger partial charge in [0.2, 0.25) is 5.88 Å². The molecule has 0 aliphatic rings. The summed E-state index contributed by atoms with van der Waals surface area (Å²) in [6.45, 7) is 2.47.